The number of benzene rings is 2. The molecule has 2 aromatic rings. The Morgan fingerprint density at radius 3 is 1.88 bits per heavy atom. The van der Waals surface area contributed by atoms with Gasteiger partial charge in [-0.3, -0.25) is 4.79 Å². The summed E-state index contributed by atoms with van der Waals surface area (Å²) in [5.74, 6) is 0.306. The Morgan fingerprint density at radius 2 is 1.29 bits per heavy atom. The molecule has 0 unspecified atom stereocenters. The van der Waals surface area contributed by atoms with E-state index in [2.05, 4.69) is 12.1 Å². The van der Waals surface area contributed by atoms with Gasteiger partial charge >= 0.3 is 0 Å². The molecule has 2 aromatic carbocycles. The van der Waals surface area contributed by atoms with Crippen molar-refractivity contribution in [2.24, 2.45) is 0 Å². The first-order valence-electron chi connectivity index (χ1n) is 5.94. The molecule has 1 heteroatoms. The third kappa shape index (κ3) is 3.87. The van der Waals surface area contributed by atoms with Crippen molar-refractivity contribution in [2.45, 2.75) is 19.3 Å². The minimum atomic E-state index is 0.306. The molecule has 0 aliphatic carbocycles. The van der Waals surface area contributed by atoms with Gasteiger partial charge in [-0.2, -0.15) is 0 Å². The molecule has 0 fully saturated rings. The standard InChI is InChI=1S/C16H16O/c17-16(13-15-9-5-2-6-10-15)12-11-14-7-3-1-4-8-14/h1-10H,11-13H2. The molecule has 86 valence electrons. The van der Waals surface area contributed by atoms with Gasteiger partial charge in [0.15, 0.2) is 0 Å². The third-order valence-corrected chi connectivity index (χ3v) is 2.78. The highest BCUT2D eigenvalue weighted by atomic mass is 16.1. The highest BCUT2D eigenvalue weighted by Crippen LogP contribution is 2.06. The molecule has 0 heterocycles. The average molecular weight is 224 g/mol. The van der Waals surface area contributed by atoms with E-state index in [1.165, 1.54) is 5.56 Å². The van der Waals surface area contributed by atoms with Gasteiger partial charge in [-0.25, -0.2) is 0 Å². The highest BCUT2D eigenvalue weighted by molar-refractivity contribution is 5.81. The molecule has 0 N–H and O–H groups in total. The maximum atomic E-state index is 11.8. The summed E-state index contributed by atoms with van der Waals surface area (Å²) < 4.78 is 0. The van der Waals surface area contributed by atoms with Gasteiger partial charge in [-0.05, 0) is 17.5 Å². The Balaban J connectivity index is 1.83. The van der Waals surface area contributed by atoms with E-state index < -0.39 is 0 Å². The maximum absolute atomic E-state index is 11.8. The van der Waals surface area contributed by atoms with E-state index in [0.29, 0.717) is 18.6 Å². The van der Waals surface area contributed by atoms with E-state index in [4.69, 9.17) is 0 Å². The molecule has 0 aromatic heterocycles. The topological polar surface area (TPSA) is 17.1 Å². The third-order valence-electron chi connectivity index (χ3n) is 2.78. The second-order valence-corrected chi connectivity index (χ2v) is 4.19. The van der Waals surface area contributed by atoms with Gasteiger partial charge in [-0.15, -0.1) is 0 Å². The molecule has 0 amide bonds. The molecule has 0 radical (unpaired) electrons. The lowest BCUT2D eigenvalue weighted by molar-refractivity contribution is -0.118. The Morgan fingerprint density at radius 1 is 0.765 bits per heavy atom. The Hall–Kier alpha value is -1.89. The molecule has 0 aliphatic rings. The van der Waals surface area contributed by atoms with Crippen LogP contribution in [0.3, 0.4) is 0 Å². The first-order chi connectivity index (χ1) is 8.34. The molecule has 0 bridgehead atoms. The summed E-state index contributed by atoms with van der Waals surface area (Å²) in [6.45, 7) is 0. The fraction of sp³-hybridized carbons (Fsp3) is 0.188. The van der Waals surface area contributed by atoms with Gasteiger partial charge in [-0.1, -0.05) is 60.7 Å². The molecular weight excluding hydrogens is 208 g/mol. The zero-order valence-electron chi connectivity index (χ0n) is 9.80. The highest BCUT2D eigenvalue weighted by Gasteiger charge is 2.03. The molecule has 17 heavy (non-hydrogen) atoms. The van der Waals surface area contributed by atoms with Crippen LogP contribution >= 0.6 is 0 Å². The number of hydrogen-bond acceptors (Lipinski definition) is 1. The van der Waals surface area contributed by atoms with Crippen LogP contribution in [0.15, 0.2) is 60.7 Å². The number of Topliss-reactive ketones (excluding diaryl/α,β-unsaturated/α-hetero) is 1. The predicted molar refractivity (Wildman–Crippen MR) is 69.9 cm³/mol. The first-order valence-corrected chi connectivity index (χ1v) is 5.94. The molecule has 0 spiro atoms. The number of rotatable bonds is 5. The minimum Gasteiger partial charge on any atom is -0.299 e. The molecule has 1 nitrogen and oxygen atoms in total. The lowest BCUT2D eigenvalue weighted by Gasteiger charge is -2.01. The summed E-state index contributed by atoms with van der Waals surface area (Å²) in [6.07, 6.45) is 2.01. The first kappa shape index (κ1) is 11.6. The molecule has 0 saturated heterocycles. The number of ketones is 1. The second kappa shape index (κ2) is 6.00. The van der Waals surface area contributed by atoms with Crippen LogP contribution < -0.4 is 0 Å². The minimum absolute atomic E-state index is 0.306. The van der Waals surface area contributed by atoms with E-state index in [0.717, 1.165) is 12.0 Å². The van der Waals surface area contributed by atoms with Crippen LogP contribution in [0, 0.1) is 0 Å². The monoisotopic (exact) mass is 224 g/mol. The number of aryl methyl sites for hydroxylation is 1. The van der Waals surface area contributed by atoms with Crippen molar-refractivity contribution in [3.63, 3.8) is 0 Å². The fourth-order valence-corrected chi connectivity index (χ4v) is 1.84. The molecule has 2 rings (SSSR count). The van der Waals surface area contributed by atoms with Crippen molar-refractivity contribution in [3.05, 3.63) is 71.8 Å². The van der Waals surface area contributed by atoms with Crippen LogP contribution in [-0.2, 0) is 17.6 Å². The second-order valence-electron chi connectivity index (χ2n) is 4.19. The van der Waals surface area contributed by atoms with Crippen molar-refractivity contribution < 1.29 is 4.79 Å². The van der Waals surface area contributed by atoms with Gasteiger partial charge in [0.05, 0.1) is 0 Å². The zero-order valence-corrected chi connectivity index (χ0v) is 9.80. The smallest absolute Gasteiger partial charge is 0.137 e. The van der Waals surface area contributed by atoms with Gasteiger partial charge in [0.25, 0.3) is 0 Å². The quantitative estimate of drug-likeness (QED) is 0.760. The summed E-state index contributed by atoms with van der Waals surface area (Å²) in [7, 11) is 0. The van der Waals surface area contributed by atoms with Crippen molar-refractivity contribution in [1.29, 1.82) is 0 Å². The zero-order chi connectivity index (χ0) is 11.9. The van der Waals surface area contributed by atoms with Crippen molar-refractivity contribution in [2.75, 3.05) is 0 Å². The van der Waals surface area contributed by atoms with Gasteiger partial charge < -0.3 is 0 Å². The number of carbonyl (C=O) groups excluding carboxylic acids is 1. The summed E-state index contributed by atoms with van der Waals surface area (Å²) in [5.41, 5.74) is 2.33. The van der Waals surface area contributed by atoms with Crippen molar-refractivity contribution >= 4 is 5.78 Å². The van der Waals surface area contributed by atoms with Crippen LogP contribution in [-0.4, -0.2) is 5.78 Å². The number of hydrogen-bond donors (Lipinski definition) is 0. The van der Waals surface area contributed by atoms with E-state index in [1.807, 2.05) is 48.5 Å². The summed E-state index contributed by atoms with van der Waals surface area (Å²) in [4.78, 5) is 11.8. The van der Waals surface area contributed by atoms with Crippen LogP contribution in [0.2, 0.25) is 0 Å². The van der Waals surface area contributed by atoms with E-state index in [1.54, 1.807) is 0 Å². The van der Waals surface area contributed by atoms with E-state index in [9.17, 15) is 4.79 Å². The summed E-state index contributed by atoms with van der Waals surface area (Å²) >= 11 is 0. The van der Waals surface area contributed by atoms with Crippen molar-refractivity contribution in [1.82, 2.24) is 0 Å². The van der Waals surface area contributed by atoms with E-state index >= 15 is 0 Å². The molecule has 0 atom stereocenters. The average Bonchev–Trinajstić information content (AvgIpc) is 2.39. The van der Waals surface area contributed by atoms with Gasteiger partial charge in [0, 0.05) is 12.8 Å². The summed E-state index contributed by atoms with van der Waals surface area (Å²) in [5, 5.41) is 0. The Kier molecular flexibility index (Phi) is 4.09. The SMILES string of the molecule is O=C(CCc1ccccc1)Cc1ccccc1. The number of carbonyl (C=O) groups is 1. The van der Waals surface area contributed by atoms with Crippen molar-refractivity contribution in [3.8, 4) is 0 Å². The molecule has 0 aliphatic heterocycles. The van der Waals surface area contributed by atoms with Crippen LogP contribution in [0.5, 0.6) is 0 Å². The van der Waals surface area contributed by atoms with Crippen LogP contribution in [0.1, 0.15) is 17.5 Å². The van der Waals surface area contributed by atoms with Gasteiger partial charge in [0.2, 0.25) is 0 Å². The lowest BCUT2D eigenvalue weighted by Crippen LogP contribution is -2.04. The Bertz CT molecular complexity index is 459. The lowest BCUT2D eigenvalue weighted by atomic mass is 10.0. The maximum Gasteiger partial charge on any atom is 0.137 e. The molecule has 0 saturated carbocycles. The Labute approximate surface area is 102 Å². The predicted octanol–water partition coefficient (Wildman–Crippen LogP) is 3.43. The molecular formula is C16H16O. The van der Waals surface area contributed by atoms with Crippen LogP contribution in [0.25, 0.3) is 0 Å². The van der Waals surface area contributed by atoms with Crippen LogP contribution in [0.4, 0.5) is 0 Å². The fourth-order valence-electron chi connectivity index (χ4n) is 1.84. The summed E-state index contributed by atoms with van der Waals surface area (Å²) in [6, 6.07) is 20.1. The van der Waals surface area contributed by atoms with E-state index in [-0.39, 0.29) is 0 Å². The largest absolute Gasteiger partial charge is 0.299 e. The normalized spacial score (nSPS) is 10.1. The van der Waals surface area contributed by atoms with Gasteiger partial charge in [0.1, 0.15) is 5.78 Å².